The first-order chi connectivity index (χ1) is 12.0. The minimum Gasteiger partial charge on any atom is -0.464 e. The summed E-state index contributed by atoms with van der Waals surface area (Å²) >= 11 is 1.71. The van der Waals surface area contributed by atoms with E-state index in [0.29, 0.717) is 12.4 Å². The number of furan rings is 1. The van der Waals surface area contributed by atoms with E-state index in [0.717, 1.165) is 47.9 Å². The normalized spacial score (nSPS) is 11.4. The maximum atomic E-state index is 10.6. The highest BCUT2D eigenvalue weighted by molar-refractivity contribution is 7.98. The van der Waals surface area contributed by atoms with Crippen molar-refractivity contribution >= 4 is 11.8 Å². The van der Waals surface area contributed by atoms with Crippen molar-refractivity contribution in [1.82, 2.24) is 15.5 Å². The maximum absolute atomic E-state index is 10.6. The molecule has 0 aliphatic heterocycles. The zero-order valence-corrected chi connectivity index (χ0v) is 15.8. The molecule has 0 radical (unpaired) electrons. The number of rotatable bonds is 12. The number of nitrogens with zero attached hydrogens (tertiary/aromatic N) is 2. The molecule has 0 amide bonds. The van der Waals surface area contributed by atoms with Gasteiger partial charge in [-0.1, -0.05) is 12.8 Å². The Hall–Kier alpha value is -2.11. The molecule has 0 spiro atoms. The molecule has 1 heterocycles. The van der Waals surface area contributed by atoms with E-state index in [2.05, 4.69) is 48.4 Å². The van der Waals surface area contributed by atoms with Crippen LogP contribution in [0.25, 0.3) is 0 Å². The standard InChI is InChI=1S/C17H26N4O3S/c1-5-7-18-17(12-21(22)23)19-8-9-25-13-16-14(3)10-15(24-16)11-20(4)6-2/h1,10,12,18-19H,6-9,11,13H2,2-4H3/b17-12-. The molecule has 0 aliphatic rings. The van der Waals surface area contributed by atoms with Crippen LogP contribution in [0.3, 0.4) is 0 Å². The monoisotopic (exact) mass is 366 g/mol. The van der Waals surface area contributed by atoms with Gasteiger partial charge in [0.15, 0.2) is 5.82 Å². The van der Waals surface area contributed by atoms with Crippen LogP contribution >= 0.6 is 11.8 Å². The van der Waals surface area contributed by atoms with Crippen molar-refractivity contribution in [2.24, 2.45) is 0 Å². The van der Waals surface area contributed by atoms with Crippen LogP contribution in [-0.4, -0.2) is 42.3 Å². The molecule has 2 N–H and O–H groups in total. The van der Waals surface area contributed by atoms with Gasteiger partial charge in [0.25, 0.3) is 6.20 Å². The summed E-state index contributed by atoms with van der Waals surface area (Å²) in [7, 11) is 2.06. The van der Waals surface area contributed by atoms with E-state index in [-0.39, 0.29) is 6.54 Å². The largest absolute Gasteiger partial charge is 0.464 e. The van der Waals surface area contributed by atoms with Gasteiger partial charge in [0, 0.05) is 12.3 Å². The Kier molecular flexibility index (Phi) is 9.58. The van der Waals surface area contributed by atoms with Gasteiger partial charge in [-0.15, -0.1) is 6.42 Å². The second-order valence-corrected chi connectivity index (χ2v) is 6.62. The van der Waals surface area contributed by atoms with Crippen LogP contribution in [0.1, 0.15) is 24.0 Å². The van der Waals surface area contributed by atoms with E-state index >= 15 is 0 Å². The van der Waals surface area contributed by atoms with Gasteiger partial charge in [0.05, 0.1) is 23.8 Å². The molecule has 8 heteroatoms. The molecule has 0 fully saturated rings. The molecular formula is C17H26N4O3S. The van der Waals surface area contributed by atoms with Crippen molar-refractivity contribution < 1.29 is 9.34 Å². The fraction of sp³-hybridized carbons (Fsp3) is 0.529. The van der Waals surface area contributed by atoms with Crippen molar-refractivity contribution in [3.05, 3.63) is 45.3 Å². The summed E-state index contributed by atoms with van der Waals surface area (Å²) < 4.78 is 5.90. The molecular weight excluding hydrogens is 340 g/mol. The summed E-state index contributed by atoms with van der Waals surface area (Å²) in [5.41, 5.74) is 1.16. The highest BCUT2D eigenvalue weighted by Crippen LogP contribution is 2.21. The van der Waals surface area contributed by atoms with Crippen LogP contribution in [0.2, 0.25) is 0 Å². The molecule has 0 atom stereocenters. The van der Waals surface area contributed by atoms with Gasteiger partial charge < -0.3 is 15.1 Å². The number of thioether (sulfide) groups is 1. The third kappa shape index (κ3) is 8.52. The van der Waals surface area contributed by atoms with E-state index < -0.39 is 4.92 Å². The average Bonchev–Trinajstić information content (AvgIpc) is 2.90. The first-order valence-electron chi connectivity index (χ1n) is 8.07. The molecule has 7 nitrogen and oxygen atoms in total. The zero-order chi connectivity index (χ0) is 18.7. The van der Waals surface area contributed by atoms with Crippen LogP contribution in [0, 0.1) is 29.4 Å². The highest BCUT2D eigenvalue weighted by Gasteiger charge is 2.09. The molecule has 1 aromatic heterocycles. The number of terminal acetylenes is 1. The molecule has 0 saturated carbocycles. The highest BCUT2D eigenvalue weighted by atomic mass is 32.2. The molecule has 138 valence electrons. The van der Waals surface area contributed by atoms with Crippen LogP contribution < -0.4 is 10.6 Å². The van der Waals surface area contributed by atoms with Crippen LogP contribution in [0.5, 0.6) is 0 Å². The smallest absolute Gasteiger partial charge is 0.274 e. The van der Waals surface area contributed by atoms with Crippen LogP contribution in [0.15, 0.2) is 22.5 Å². The van der Waals surface area contributed by atoms with E-state index in [1.54, 1.807) is 11.8 Å². The first-order valence-corrected chi connectivity index (χ1v) is 9.22. The van der Waals surface area contributed by atoms with Crippen LogP contribution in [-0.2, 0) is 12.3 Å². The minimum atomic E-state index is -0.514. The number of aryl methyl sites for hydroxylation is 1. The molecule has 0 unspecified atom stereocenters. The van der Waals surface area contributed by atoms with Crippen LogP contribution in [0.4, 0.5) is 0 Å². The fourth-order valence-electron chi connectivity index (χ4n) is 2.02. The lowest BCUT2D eigenvalue weighted by molar-refractivity contribution is -0.404. The average molecular weight is 366 g/mol. The Morgan fingerprint density at radius 1 is 1.56 bits per heavy atom. The molecule has 0 aromatic carbocycles. The quantitative estimate of drug-likeness (QED) is 0.254. The van der Waals surface area contributed by atoms with Gasteiger partial charge >= 0.3 is 0 Å². The van der Waals surface area contributed by atoms with E-state index in [4.69, 9.17) is 10.8 Å². The second-order valence-electron chi connectivity index (χ2n) is 5.51. The Balaban J connectivity index is 2.37. The third-order valence-corrected chi connectivity index (χ3v) is 4.41. The number of hydrogen-bond donors (Lipinski definition) is 2. The lowest BCUT2D eigenvalue weighted by atomic mass is 10.3. The predicted molar refractivity (Wildman–Crippen MR) is 102 cm³/mol. The van der Waals surface area contributed by atoms with Gasteiger partial charge in [-0.2, -0.15) is 11.8 Å². The maximum Gasteiger partial charge on any atom is 0.274 e. The van der Waals surface area contributed by atoms with Gasteiger partial charge in [0.2, 0.25) is 0 Å². The number of nitrogens with one attached hydrogen (secondary N) is 2. The number of nitro groups is 1. The third-order valence-electron chi connectivity index (χ3n) is 3.45. The lowest BCUT2D eigenvalue weighted by Crippen LogP contribution is -2.29. The minimum absolute atomic E-state index is 0.236. The van der Waals surface area contributed by atoms with Crippen molar-refractivity contribution in [2.45, 2.75) is 26.1 Å². The zero-order valence-electron chi connectivity index (χ0n) is 15.0. The topological polar surface area (TPSA) is 83.6 Å². The van der Waals surface area contributed by atoms with Gasteiger partial charge in [-0.05, 0) is 32.1 Å². The van der Waals surface area contributed by atoms with Crippen molar-refractivity contribution in [3.63, 3.8) is 0 Å². The summed E-state index contributed by atoms with van der Waals surface area (Å²) in [5, 5.41) is 16.3. The van der Waals surface area contributed by atoms with E-state index in [1.807, 2.05) is 0 Å². The molecule has 1 aromatic rings. The molecule has 25 heavy (non-hydrogen) atoms. The summed E-state index contributed by atoms with van der Waals surface area (Å²) in [6.07, 6.45) is 6.03. The Morgan fingerprint density at radius 3 is 2.96 bits per heavy atom. The Morgan fingerprint density at radius 2 is 2.32 bits per heavy atom. The SMILES string of the molecule is C#CCN/C(=C/[N+](=O)[O-])NCCSCc1oc(CN(C)CC)cc1C. The summed E-state index contributed by atoms with van der Waals surface area (Å²) in [6, 6.07) is 2.09. The summed E-state index contributed by atoms with van der Waals surface area (Å²) in [4.78, 5) is 12.2. The van der Waals surface area contributed by atoms with Gasteiger partial charge in [0.1, 0.15) is 11.5 Å². The van der Waals surface area contributed by atoms with Crippen molar-refractivity contribution in [2.75, 3.05) is 32.4 Å². The summed E-state index contributed by atoms with van der Waals surface area (Å²) in [5.74, 6) is 6.23. The Labute approximate surface area is 153 Å². The van der Waals surface area contributed by atoms with Crippen molar-refractivity contribution in [1.29, 1.82) is 0 Å². The van der Waals surface area contributed by atoms with E-state index in [1.165, 1.54) is 0 Å². The van der Waals surface area contributed by atoms with Crippen molar-refractivity contribution in [3.8, 4) is 12.3 Å². The second kappa shape index (κ2) is 11.4. The summed E-state index contributed by atoms with van der Waals surface area (Å²) in [6.45, 7) is 6.77. The fourth-order valence-corrected chi connectivity index (χ4v) is 2.88. The van der Waals surface area contributed by atoms with Gasteiger partial charge in [-0.25, -0.2) is 0 Å². The predicted octanol–water partition coefficient (Wildman–Crippen LogP) is 2.16. The molecule has 1 rings (SSSR count). The molecule has 0 aliphatic carbocycles. The van der Waals surface area contributed by atoms with Gasteiger partial charge in [-0.3, -0.25) is 15.0 Å². The number of hydrogen-bond acceptors (Lipinski definition) is 7. The molecule has 0 saturated heterocycles. The Bertz CT molecular complexity index is 622. The van der Waals surface area contributed by atoms with E-state index in [9.17, 15) is 10.1 Å². The molecule has 0 bridgehead atoms. The first kappa shape index (κ1) is 20.9. The lowest BCUT2D eigenvalue weighted by Gasteiger charge is -2.11.